The van der Waals surface area contributed by atoms with E-state index in [-0.39, 0.29) is 22.4 Å². The number of allylic oxidation sites excluding steroid dienone is 4. The summed E-state index contributed by atoms with van der Waals surface area (Å²) in [7, 11) is 0. The zero-order valence-electron chi connectivity index (χ0n) is 24.9. The maximum absolute atomic E-state index is 14.1. The molecule has 5 rings (SSSR count). The van der Waals surface area contributed by atoms with Gasteiger partial charge in [0.15, 0.2) is 23.1 Å². The topological polar surface area (TPSA) is 55.8 Å². The van der Waals surface area contributed by atoms with Crippen LogP contribution in [0.2, 0.25) is 0 Å². The Kier molecular flexibility index (Phi) is 7.69. The van der Waals surface area contributed by atoms with Gasteiger partial charge in [0.2, 0.25) is 0 Å². The lowest BCUT2D eigenvalue weighted by Crippen LogP contribution is -2.44. The molecular formula is C35H43NO4. The van der Waals surface area contributed by atoms with E-state index < -0.39 is 5.92 Å². The molecule has 0 N–H and O–H groups in total. The van der Waals surface area contributed by atoms with E-state index in [9.17, 15) is 9.59 Å². The van der Waals surface area contributed by atoms with Crippen molar-refractivity contribution in [3.05, 3.63) is 82.2 Å². The molecule has 0 bridgehead atoms. The fourth-order valence-corrected chi connectivity index (χ4v) is 6.64. The molecule has 2 aromatic carbocycles. The van der Waals surface area contributed by atoms with Gasteiger partial charge in [-0.1, -0.05) is 71.0 Å². The molecule has 0 aromatic heterocycles. The maximum atomic E-state index is 14.1. The summed E-state index contributed by atoms with van der Waals surface area (Å²) in [6, 6.07) is 16.4. The Morgan fingerprint density at radius 2 is 1.38 bits per heavy atom. The molecule has 0 amide bonds. The zero-order valence-corrected chi connectivity index (χ0v) is 24.9. The molecule has 2 aromatic rings. The summed E-state index contributed by atoms with van der Waals surface area (Å²) in [6.07, 6.45) is 3.42. The van der Waals surface area contributed by atoms with Crippen molar-refractivity contribution in [3.63, 3.8) is 0 Å². The molecule has 0 fully saturated rings. The summed E-state index contributed by atoms with van der Waals surface area (Å²) >= 11 is 0. The Labute approximate surface area is 239 Å². The summed E-state index contributed by atoms with van der Waals surface area (Å²) in [6.45, 7) is 14.5. The molecule has 0 saturated carbocycles. The number of benzene rings is 2. The van der Waals surface area contributed by atoms with Crippen molar-refractivity contribution in [2.24, 2.45) is 10.8 Å². The van der Waals surface area contributed by atoms with Crippen molar-refractivity contribution in [1.82, 2.24) is 4.90 Å². The lowest BCUT2D eigenvalue weighted by molar-refractivity contribution is -0.119. The van der Waals surface area contributed by atoms with Crippen molar-refractivity contribution in [3.8, 4) is 11.5 Å². The third-order valence-corrected chi connectivity index (χ3v) is 8.27. The predicted octanol–water partition coefficient (Wildman–Crippen LogP) is 7.76. The average molecular weight is 542 g/mol. The number of hydrogen-bond acceptors (Lipinski definition) is 5. The molecule has 5 heteroatoms. The van der Waals surface area contributed by atoms with E-state index in [0.717, 1.165) is 47.4 Å². The van der Waals surface area contributed by atoms with Crippen LogP contribution >= 0.6 is 0 Å². The summed E-state index contributed by atoms with van der Waals surface area (Å²) in [5, 5.41) is 0. The highest BCUT2D eigenvalue weighted by Crippen LogP contribution is 2.55. The molecule has 40 heavy (non-hydrogen) atoms. The number of Topliss-reactive ketones (excluding diaryl/α,β-unsaturated/α-hetero) is 2. The van der Waals surface area contributed by atoms with Crippen molar-refractivity contribution < 1.29 is 19.1 Å². The lowest BCUT2D eigenvalue weighted by atomic mass is 9.63. The number of hydrogen-bond donors (Lipinski definition) is 0. The average Bonchev–Trinajstić information content (AvgIpc) is 2.88. The van der Waals surface area contributed by atoms with Crippen LogP contribution in [0.25, 0.3) is 0 Å². The highest BCUT2D eigenvalue weighted by atomic mass is 16.5. The van der Waals surface area contributed by atoms with Gasteiger partial charge < -0.3 is 14.4 Å². The number of carbonyl (C=O) groups is 2. The minimum atomic E-state index is -0.399. The van der Waals surface area contributed by atoms with Crippen LogP contribution in [0.1, 0.15) is 90.7 Å². The van der Waals surface area contributed by atoms with E-state index in [1.165, 1.54) is 5.56 Å². The van der Waals surface area contributed by atoms with Crippen LogP contribution in [0.4, 0.5) is 0 Å². The Morgan fingerprint density at radius 3 is 1.93 bits per heavy atom. The van der Waals surface area contributed by atoms with E-state index in [4.69, 9.17) is 9.47 Å². The second kappa shape index (κ2) is 10.9. The van der Waals surface area contributed by atoms with Gasteiger partial charge in [0.05, 0.1) is 13.2 Å². The number of nitrogens with zero attached hydrogens (tertiary/aromatic N) is 1. The molecule has 0 atom stereocenters. The lowest BCUT2D eigenvalue weighted by Gasteiger charge is -2.49. The fourth-order valence-electron chi connectivity index (χ4n) is 6.64. The largest absolute Gasteiger partial charge is 0.490 e. The third-order valence-electron chi connectivity index (χ3n) is 8.27. The first-order valence-electron chi connectivity index (χ1n) is 14.8. The molecule has 5 nitrogen and oxygen atoms in total. The molecule has 1 heterocycles. The number of rotatable bonds is 8. The fraction of sp³-hybridized carbons (Fsp3) is 0.486. The summed E-state index contributed by atoms with van der Waals surface area (Å²) in [5.74, 6) is 1.25. The molecule has 0 radical (unpaired) electrons. The van der Waals surface area contributed by atoms with Gasteiger partial charge in [0, 0.05) is 47.8 Å². The SMILES string of the molecule is CCCOc1ccc(C2C3=C(CC(C)(C)CC3=O)N(Cc3ccccc3)C3=C2C(=O)CC(C)(C)C3)cc1OCC. The van der Waals surface area contributed by atoms with Crippen molar-refractivity contribution in [2.45, 2.75) is 86.1 Å². The van der Waals surface area contributed by atoms with Gasteiger partial charge >= 0.3 is 0 Å². The van der Waals surface area contributed by atoms with Gasteiger partial charge in [0.25, 0.3) is 0 Å². The van der Waals surface area contributed by atoms with Crippen LogP contribution in [0.15, 0.2) is 71.1 Å². The Morgan fingerprint density at radius 1 is 0.775 bits per heavy atom. The quantitative estimate of drug-likeness (QED) is 0.342. The van der Waals surface area contributed by atoms with Crippen molar-refractivity contribution in [2.75, 3.05) is 13.2 Å². The van der Waals surface area contributed by atoms with Crippen LogP contribution in [0, 0.1) is 10.8 Å². The van der Waals surface area contributed by atoms with E-state index in [0.29, 0.717) is 44.1 Å². The molecule has 0 saturated heterocycles. The van der Waals surface area contributed by atoms with Gasteiger partial charge in [-0.05, 0) is 60.3 Å². The highest BCUT2D eigenvalue weighted by Gasteiger charge is 2.49. The van der Waals surface area contributed by atoms with Crippen LogP contribution in [0.3, 0.4) is 0 Å². The molecule has 3 aliphatic rings. The first-order chi connectivity index (χ1) is 19.0. The van der Waals surface area contributed by atoms with E-state index >= 15 is 0 Å². The normalized spacial score (nSPS) is 20.4. The standard InChI is InChI=1S/C35H43NO4/c1-7-16-40-29-15-14-24(17-30(29)39-8-2)31-32-25(18-34(3,4)20-27(32)37)36(22-23-12-10-9-11-13-23)26-19-35(5,6)21-28(38)33(26)31/h9-15,17,31H,7-8,16,18-22H2,1-6H3. The molecular weight excluding hydrogens is 498 g/mol. The molecule has 212 valence electrons. The summed E-state index contributed by atoms with van der Waals surface area (Å²) in [5.41, 5.74) is 5.49. The first-order valence-corrected chi connectivity index (χ1v) is 14.8. The van der Waals surface area contributed by atoms with Gasteiger partial charge in [-0.25, -0.2) is 0 Å². The van der Waals surface area contributed by atoms with Gasteiger partial charge in [-0.2, -0.15) is 0 Å². The summed E-state index contributed by atoms with van der Waals surface area (Å²) < 4.78 is 12.0. The smallest absolute Gasteiger partial charge is 0.162 e. The Hall–Kier alpha value is -3.34. The number of carbonyl (C=O) groups excluding carboxylic acids is 2. The predicted molar refractivity (Wildman–Crippen MR) is 158 cm³/mol. The number of ether oxygens (including phenoxy) is 2. The van der Waals surface area contributed by atoms with Crippen molar-refractivity contribution >= 4 is 11.6 Å². The van der Waals surface area contributed by atoms with Crippen LogP contribution in [-0.2, 0) is 16.1 Å². The maximum Gasteiger partial charge on any atom is 0.162 e. The van der Waals surface area contributed by atoms with E-state index in [2.05, 4.69) is 63.8 Å². The van der Waals surface area contributed by atoms with Crippen LogP contribution < -0.4 is 9.47 Å². The monoisotopic (exact) mass is 541 g/mol. The van der Waals surface area contributed by atoms with Gasteiger partial charge in [0.1, 0.15) is 0 Å². The Balaban J connectivity index is 1.73. The molecule has 0 spiro atoms. The zero-order chi connectivity index (χ0) is 28.7. The van der Waals surface area contributed by atoms with Crippen molar-refractivity contribution in [1.29, 1.82) is 0 Å². The second-order valence-electron chi connectivity index (χ2n) is 13.1. The molecule has 0 unspecified atom stereocenters. The van der Waals surface area contributed by atoms with Gasteiger partial charge in [-0.15, -0.1) is 0 Å². The van der Waals surface area contributed by atoms with Crippen LogP contribution in [0.5, 0.6) is 11.5 Å². The van der Waals surface area contributed by atoms with Crippen LogP contribution in [-0.4, -0.2) is 29.7 Å². The second-order valence-corrected chi connectivity index (χ2v) is 13.1. The Bertz CT molecular complexity index is 1310. The highest BCUT2D eigenvalue weighted by molar-refractivity contribution is 6.06. The minimum absolute atomic E-state index is 0.141. The van der Waals surface area contributed by atoms with E-state index in [1.54, 1.807) is 0 Å². The summed E-state index contributed by atoms with van der Waals surface area (Å²) in [4.78, 5) is 30.5. The molecule has 2 aliphatic carbocycles. The van der Waals surface area contributed by atoms with Gasteiger partial charge in [-0.3, -0.25) is 9.59 Å². The van der Waals surface area contributed by atoms with E-state index in [1.807, 2.05) is 31.2 Å². The first kappa shape index (κ1) is 28.2. The third kappa shape index (κ3) is 5.48. The minimum Gasteiger partial charge on any atom is -0.490 e. The number of ketones is 2. The molecule has 1 aliphatic heterocycles.